The van der Waals surface area contributed by atoms with Crippen LogP contribution in [-0.2, 0) is 10.9 Å². The van der Waals surface area contributed by atoms with Crippen LogP contribution >= 0.6 is 11.3 Å². The van der Waals surface area contributed by atoms with Gasteiger partial charge in [0.15, 0.2) is 5.69 Å². The number of nitrogens with one attached hydrogen (secondary N) is 1. The molecule has 0 saturated carbocycles. The van der Waals surface area contributed by atoms with Crippen molar-refractivity contribution < 1.29 is 22.7 Å². The van der Waals surface area contributed by atoms with Gasteiger partial charge in [-0.1, -0.05) is 54.6 Å². The van der Waals surface area contributed by atoms with E-state index in [0.717, 1.165) is 39.0 Å². The quantitative estimate of drug-likeness (QED) is 0.564. The predicted molar refractivity (Wildman–Crippen MR) is 109 cm³/mol. The minimum atomic E-state index is -4.46. The number of halogens is 3. The summed E-state index contributed by atoms with van der Waals surface area (Å²) < 4.78 is 43.0. The van der Waals surface area contributed by atoms with E-state index in [1.165, 1.54) is 12.2 Å². The van der Waals surface area contributed by atoms with Gasteiger partial charge >= 0.3 is 12.3 Å². The number of carbonyl (C=O) groups is 1. The monoisotopic (exact) mass is 430 g/mol. The molecular weight excluding hydrogens is 413 g/mol. The smallest absolute Gasteiger partial charge is 0.434 e. The molecule has 0 radical (unpaired) electrons. The summed E-state index contributed by atoms with van der Waals surface area (Å²) >= 11 is 0.887. The average Bonchev–Trinajstić information content (AvgIpc) is 3.33. The van der Waals surface area contributed by atoms with E-state index in [0.29, 0.717) is 0 Å². The molecule has 0 fully saturated rings. The molecule has 4 rings (SSSR count). The van der Waals surface area contributed by atoms with Crippen molar-refractivity contribution in [3.63, 3.8) is 0 Å². The average molecular weight is 430 g/mol. The highest BCUT2D eigenvalue weighted by molar-refractivity contribution is 7.10. The largest absolute Gasteiger partial charge is 0.449 e. The molecule has 4 nitrogen and oxygen atoms in total. The zero-order valence-electron chi connectivity index (χ0n) is 15.6. The Hall–Kier alpha value is -3.13. The van der Waals surface area contributed by atoms with E-state index in [4.69, 9.17) is 4.74 Å². The fourth-order valence-corrected chi connectivity index (χ4v) is 4.19. The van der Waals surface area contributed by atoms with E-state index in [2.05, 4.69) is 22.4 Å². The SMILES string of the molecule is O=C(NCC=Cc1nc(C(F)(F)F)cs1)OCC1c2ccccc2-c2ccccc21. The van der Waals surface area contributed by atoms with Gasteiger partial charge in [-0.2, -0.15) is 13.2 Å². The van der Waals surface area contributed by atoms with Crippen molar-refractivity contribution in [2.45, 2.75) is 12.1 Å². The highest BCUT2D eigenvalue weighted by atomic mass is 32.1. The number of nitrogens with zero attached hydrogens (tertiary/aromatic N) is 1. The number of thiazole rings is 1. The summed E-state index contributed by atoms with van der Waals surface area (Å²) in [6.07, 6.45) is -2.08. The van der Waals surface area contributed by atoms with E-state index in [9.17, 15) is 18.0 Å². The summed E-state index contributed by atoms with van der Waals surface area (Å²) in [5, 5.41) is 3.74. The summed E-state index contributed by atoms with van der Waals surface area (Å²) in [4.78, 5) is 15.5. The van der Waals surface area contributed by atoms with E-state index in [1.54, 1.807) is 0 Å². The minimum Gasteiger partial charge on any atom is -0.449 e. The molecule has 0 unspecified atom stereocenters. The van der Waals surface area contributed by atoms with Gasteiger partial charge < -0.3 is 10.1 Å². The van der Waals surface area contributed by atoms with Gasteiger partial charge in [0, 0.05) is 17.8 Å². The first-order chi connectivity index (χ1) is 14.4. The molecular formula is C22H17F3N2O2S. The lowest BCUT2D eigenvalue weighted by Gasteiger charge is -2.14. The zero-order chi connectivity index (χ0) is 21.1. The fraction of sp³-hybridized carbons (Fsp3) is 0.182. The Morgan fingerprint density at radius 1 is 1.10 bits per heavy atom. The minimum absolute atomic E-state index is 0.0326. The van der Waals surface area contributed by atoms with Crippen LogP contribution in [0.4, 0.5) is 18.0 Å². The van der Waals surface area contributed by atoms with Gasteiger partial charge in [0.1, 0.15) is 11.6 Å². The van der Waals surface area contributed by atoms with E-state index in [1.807, 2.05) is 36.4 Å². The third-order valence-electron chi connectivity index (χ3n) is 4.78. The molecule has 0 aliphatic heterocycles. The van der Waals surface area contributed by atoms with Crippen LogP contribution in [0.5, 0.6) is 0 Å². The van der Waals surface area contributed by atoms with Crippen LogP contribution in [0.15, 0.2) is 60.0 Å². The summed E-state index contributed by atoms with van der Waals surface area (Å²) in [6, 6.07) is 16.1. The van der Waals surface area contributed by atoms with Crippen LogP contribution < -0.4 is 5.32 Å². The topological polar surface area (TPSA) is 51.2 Å². The maximum absolute atomic E-state index is 12.5. The van der Waals surface area contributed by atoms with Crippen molar-refractivity contribution in [2.75, 3.05) is 13.2 Å². The molecule has 0 spiro atoms. The molecule has 0 atom stereocenters. The molecule has 1 aliphatic rings. The Labute approximate surface area is 175 Å². The van der Waals surface area contributed by atoms with Gasteiger partial charge in [0.05, 0.1) is 0 Å². The molecule has 1 aromatic heterocycles. The van der Waals surface area contributed by atoms with E-state index >= 15 is 0 Å². The van der Waals surface area contributed by atoms with Crippen molar-refractivity contribution in [2.24, 2.45) is 0 Å². The standard InChI is InChI=1S/C22H17F3N2O2S/c23-22(24,25)19-13-30-20(27-19)10-5-11-26-21(28)29-12-18-16-8-3-1-6-14(16)15-7-2-4-9-17(15)18/h1-10,13,18H,11-12H2,(H,26,28). The molecule has 1 N–H and O–H groups in total. The number of amides is 1. The highest BCUT2D eigenvalue weighted by Crippen LogP contribution is 2.44. The predicted octanol–water partition coefficient (Wildman–Crippen LogP) is 5.71. The number of rotatable bonds is 5. The Bertz CT molecular complexity index is 1050. The Morgan fingerprint density at radius 2 is 1.73 bits per heavy atom. The van der Waals surface area contributed by atoms with Crippen molar-refractivity contribution in [1.29, 1.82) is 0 Å². The molecule has 30 heavy (non-hydrogen) atoms. The summed E-state index contributed by atoms with van der Waals surface area (Å²) in [5.41, 5.74) is 3.61. The molecule has 0 saturated heterocycles. The van der Waals surface area contributed by atoms with Crippen LogP contribution in [0.3, 0.4) is 0 Å². The number of hydrogen-bond donors (Lipinski definition) is 1. The van der Waals surface area contributed by atoms with Gasteiger partial charge in [-0.3, -0.25) is 0 Å². The molecule has 8 heteroatoms. The van der Waals surface area contributed by atoms with Crippen LogP contribution in [0.1, 0.15) is 27.7 Å². The Kier molecular flexibility index (Phi) is 5.59. The van der Waals surface area contributed by atoms with Gasteiger partial charge in [0.25, 0.3) is 0 Å². The van der Waals surface area contributed by atoms with Crippen LogP contribution in [0, 0.1) is 0 Å². The van der Waals surface area contributed by atoms with Crippen molar-refractivity contribution >= 4 is 23.5 Å². The number of hydrogen-bond acceptors (Lipinski definition) is 4. The maximum Gasteiger partial charge on any atom is 0.434 e. The van der Waals surface area contributed by atoms with Crippen LogP contribution in [0.2, 0.25) is 0 Å². The Balaban J connectivity index is 1.31. The van der Waals surface area contributed by atoms with Gasteiger partial charge in [-0.05, 0) is 28.3 Å². The second-order valence-corrected chi connectivity index (χ2v) is 7.57. The molecule has 154 valence electrons. The van der Waals surface area contributed by atoms with Gasteiger partial charge in [-0.15, -0.1) is 11.3 Å². The van der Waals surface area contributed by atoms with Crippen LogP contribution in [-0.4, -0.2) is 24.2 Å². The second kappa shape index (κ2) is 8.31. The number of carbonyl (C=O) groups excluding carboxylic acids is 1. The van der Waals surface area contributed by atoms with Gasteiger partial charge in [0.2, 0.25) is 0 Å². The summed E-state index contributed by atoms with van der Waals surface area (Å²) in [7, 11) is 0. The summed E-state index contributed by atoms with van der Waals surface area (Å²) in [6.45, 7) is 0.322. The third-order valence-corrected chi connectivity index (χ3v) is 5.59. The molecule has 3 aromatic rings. The highest BCUT2D eigenvalue weighted by Gasteiger charge is 2.33. The van der Waals surface area contributed by atoms with Crippen molar-refractivity contribution in [3.8, 4) is 11.1 Å². The maximum atomic E-state index is 12.5. The fourth-order valence-electron chi connectivity index (χ4n) is 3.45. The lowest BCUT2D eigenvalue weighted by molar-refractivity contribution is -0.140. The van der Waals surface area contributed by atoms with Gasteiger partial charge in [-0.25, -0.2) is 9.78 Å². The third kappa shape index (κ3) is 4.23. The first kappa shape index (κ1) is 20.2. The second-order valence-electron chi connectivity index (χ2n) is 6.68. The van der Waals surface area contributed by atoms with E-state index < -0.39 is 18.0 Å². The number of benzene rings is 2. The zero-order valence-corrected chi connectivity index (χ0v) is 16.5. The summed E-state index contributed by atoms with van der Waals surface area (Å²) in [5.74, 6) is -0.0326. The molecule has 1 amide bonds. The molecule has 0 bridgehead atoms. The number of alkyl carbamates (subject to hydrolysis) is 1. The lowest BCUT2D eigenvalue weighted by atomic mass is 9.98. The lowest BCUT2D eigenvalue weighted by Crippen LogP contribution is -2.26. The first-order valence-corrected chi connectivity index (χ1v) is 10.1. The number of ether oxygens (including phenoxy) is 1. The number of fused-ring (bicyclic) bond motifs is 3. The number of alkyl halides is 3. The van der Waals surface area contributed by atoms with Crippen LogP contribution in [0.25, 0.3) is 17.2 Å². The first-order valence-electron chi connectivity index (χ1n) is 9.21. The van der Waals surface area contributed by atoms with E-state index in [-0.39, 0.29) is 24.1 Å². The van der Waals surface area contributed by atoms with Crippen molar-refractivity contribution in [1.82, 2.24) is 10.3 Å². The normalized spacial score (nSPS) is 13.3. The molecule has 2 aromatic carbocycles. The Morgan fingerprint density at radius 3 is 2.33 bits per heavy atom. The molecule has 1 heterocycles. The number of aromatic nitrogens is 1. The van der Waals surface area contributed by atoms with Crippen molar-refractivity contribution in [3.05, 3.63) is 81.8 Å². The molecule has 1 aliphatic carbocycles.